The van der Waals surface area contributed by atoms with Gasteiger partial charge >= 0.3 is 0 Å². The quantitative estimate of drug-likeness (QED) is 0.182. The molecule has 1 saturated carbocycles. The largest absolute Gasteiger partial charge is 0.493 e. The number of nitrogens with zero attached hydrogens (tertiary/aromatic N) is 2. The summed E-state index contributed by atoms with van der Waals surface area (Å²) in [6.45, 7) is 16.2. The van der Waals surface area contributed by atoms with E-state index in [4.69, 9.17) is 14.2 Å². The maximum atomic E-state index is 6.39. The molecule has 2 aromatic carbocycles. The Morgan fingerprint density at radius 3 is 2.28 bits per heavy atom. The average Bonchev–Trinajstić information content (AvgIpc) is 3.93. The first-order chi connectivity index (χ1) is 22.2. The van der Waals surface area contributed by atoms with E-state index in [0.717, 1.165) is 62.8 Å². The van der Waals surface area contributed by atoms with Gasteiger partial charge in [0.15, 0.2) is 17.4 Å². The summed E-state index contributed by atoms with van der Waals surface area (Å²) in [6.07, 6.45) is 14.5. The molecule has 7 heteroatoms. The fourth-order valence-electron chi connectivity index (χ4n) is 6.29. The van der Waals surface area contributed by atoms with Crippen molar-refractivity contribution in [1.82, 2.24) is 10.2 Å². The van der Waals surface area contributed by atoms with Crippen LogP contribution < -0.4 is 19.7 Å². The van der Waals surface area contributed by atoms with Gasteiger partial charge in [-0.2, -0.15) is 0 Å². The second-order valence-corrected chi connectivity index (χ2v) is 13.9. The normalized spacial score (nSPS) is 17.2. The van der Waals surface area contributed by atoms with Gasteiger partial charge < -0.3 is 29.3 Å². The van der Waals surface area contributed by atoms with E-state index in [1.165, 1.54) is 45.7 Å². The molecule has 0 amide bonds. The molecule has 1 aliphatic carbocycles. The van der Waals surface area contributed by atoms with Crippen LogP contribution in [0.25, 0.3) is 5.57 Å². The summed E-state index contributed by atoms with van der Waals surface area (Å²) in [4.78, 5) is 6.35. The number of rotatable bonds is 12. The van der Waals surface area contributed by atoms with Gasteiger partial charge in [0.25, 0.3) is 0 Å². The Morgan fingerprint density at radius 2 is 1.72 bits per heavy atom. The molecule has 2 aliphatic heterocycles. The fraction of sp³-hybridized carbons (Fsp3) is 0.538. The molecule has 252 valence electrons. The van der Waals surface area contributed by atoms with E-state index < -0.39 is 0 Å². The standard InChI is InChI=1S/C37H51N3O3S.C2H6/c1-8-9-35(43-37(2,3)4)39-18-16-31(17-19-39)40(30-12-14-32(44-7)15-13-30)25-26-20-29(24-38-23-26)28-21-33(27-10-11-27)36(42-6)34(22-28)41-5;1-2/h9,12-15,20-23,27,31,38H,8,10-11,16-19,24-25H2,1-7H3;1-2H3. The summed E-state index contributed by atoms with van der Waals surface area (Å²) in [5.41, 5.74) is 6.12. The van der Waals surface area contributed by atoms with Crippen molar-refractivity contribution in [3.05, 3.63) is 77.3 Å². The number of ether oxygens (including phenoxy) is 3. The lowest BCUT2D eigenvalue weighted by Crippen LogP contribution is -2.46. The molecule has 0 bridgehead atoms. The monoisotopic (exact) mass is 647 g/mol. The molecule has 5 rings (SSSR count). The van der Waals surface area contributed by atoms with Gasteiger partial charge in [-0.25, -0.2) is 0 Å². The molecule has 1 saturated heterocycles. The highest BCUT2D eigenvalue weighted by Crippen LogP contribution is 2.48. The van der Waals surface area contributed by atoms with Crippen LogP contribution in [0.2, 0.25) is 0 Å². The van der Waals surface area contributed by atoms with Crippen LogP contribution in [0.15, 0.2) is 71.1 Å². The minimum absolute atomic E-state index is 0.208. The minimum Gasteiger partial charge on any atom is -0.493 e. The molecule has 3 aliphatic rings. The number of hydrogen-bond donors (Lipinski definition) is 1. The summed E-state index contributed by atoms with van der Waals surface area (Å²) in [7, 11) is 3.48. The first-order valence-electron chi connectivity index (χ1n) is 17.2. The number of likely N-dealkylation sites (tertiary alicyclic amines) is 1. The van der Waals surface area contributed by atoms with E-state index in [0.29, 0.717) is 12.0 Å². The topological polar surface area (TPSA) is 46.2 Å². The zero-order chi connectivity index (χ0) is 33.3. The molecule has 46 heavy (non-hydrogen) atoms. The van der Waals surface area contributed by atoms with E-state index in [1.807, 2.05) is 13.8 Å². The van der Waals surface area contributed by atoms with Crippen LogP contribution >= 0.6 is 11.8 Å². The lowest BCUT2D eigenvalue weighted by molar-refractivity contribution is -0.00484. The van der Waals surface area contributed by atoms with E-state index in [-0.39, 0.29) is 5.60 Å². The van der Waals surface area contributed by atoms with E-state index >= 15 is 0 Å². The van der Waals surface area contributed by atoms with Crippen LogP contribution in [0.4, 0.5) is 5.69 Å². The predicted octanol–water partition coefficient (Wildman–Crippen LogP) is 9.24. The van der Waals surface area contributed by atoms with Gasteiger partial charge in [0, 0.05) is 54.6 Å². The third kappa shape index (κ3) is 9.21. The Kier molecular flexibility index (Phi) is 12.9. The molecule has 0 atom stereocenters. The van der Waals surface area contributed by atoms with Gasteiger partial charge in [0.1, 0.15) is 5.60 Å². The van der Waals surface area contributed by atoms with Crippen molar-refractivity contribution in [2.24, 2.45) is 0 Å². The summed E-state index contributed by atoms with van der Waals surface area (Å²) in [6, 6.07) is 14.0. The SMILES string of the molecule is CC.CCC=C(OC(C)(C)C)N1CCC(N(CC2=CNCC(c3cc(OC)c(OC)c(C4CC4)c3)=C2)c2ccc(SC)cc2)CC1. The molecular weight excluding hydrogens is 591 g/mol. The molecule has 0 radical (unpaired) electrons. The molecule has 2 heterocycles. The molecule has 0 aromatic heterocycles. The fourth-order valence-corrected chi connectivity index (χ4v) is 6.69. The summed E-state index contributed by atoms with van der Waals surface area (Å²) in [5.74, 6) is 3.30. The van der Waals surface area contributed by atoms with E-state index in [2.05, 4.69) is 104 Å². The Bertz CT molecular complexity index is 1360. The third-order valence-electron chi connectivity index (χ3n) is 8.60. The van der Waals surface area contributed by atoms with Crippen LogP contribution in [0, 0.1) is 0 Å². The number of methoxy groups -OCH3 is 2. The second kappa shape index (κ2) is 16.6. The van der Waals surface area contributed by atoms with Crippen molar-refractivity contribution in [1.29, 1.82) is 0 Å². The van der Waals surface area contributed by atoms with Crippen molar-refractivity contribution in [3.8, 4) is 11.5 Å². The summed E-state index contributed by atoms with van der Waals surface area (Å²) < 4.78 is 18.0. The first kappa shape index (κ1) is 35.7. The number of thioether (sulfide) groups is 1. The van der Waals surface area contributed by atoms with Crippen molar-refractivity contribution < 1.29 is 14.2 Å². The Balaban J connectivity index is 0.00000235. The van der Waals surface area contributed by atoms with Gasteiger partial charge in [-0.3, -0.25) is 0 Å². The molecule has 0 spiro atoms. The van der Waals surface area contributed by atoms with E-state index in [1.54, 1.807) is 26.0 Å². The number of nitrogens with one attached hydrogen (secondary N) is 1. The molecule has 2 aromatic rings. The molecule has 6 nitrogen and oxygen atoms in total. The number of benzene rings is 2. The molecule has 0 unspecified atom stereocenters. The van der Waals surface area contributed by atoms with Crippen LogP contribution in [0.5, 0.6) is 11.5 Å². The smallest absolute Gasteiger partial charge is 0.185 e. The maximum absolute atomic E-state index is 6.39. The number of allylic oxidation sites excluding steroid dienone is 1. The molecule has 1 N–H and O–H groups in total. The summed E-state index contributed by atoms with van der Waals surface area (Å²) >= 11 is 1.79. The van der Waals surface area contributed by atoms with Gasteiger partial charge in [-0.05, 0) is 124 Å². The summed E-state index contributed by atoms with van der Waals surface area (Å²) in [5, 5.41) is 3.58. The van der Waals surface area contributed by atoms with Crippen LogP contribution in [-0.4, -0.2) is 63.2 Å². The van der Waals surface area contributed by atoms with Gasteiger partial charge in [-0.15, -0.1) is 11.8 Å². The second-order valence-electron chi connectivity index (χ2n) is 13.1. The predicted molar refractivity (Wildman–Crippen MR) is 196 cm³/mol. The van der Waals surface area contributed by atoms with Crippen LogP contribution in [-0.2, 0) is 4.74 Å². The van der Waals surface area contributed by atoms with Gasteiger partial charge in [0.2, 0.25) is 0 Å². The van der Waals surface area contributed by atoms with Gasteiger partial charge in [0.05, 0.1) is 14.2 Å². The highest BCUT2D eigenvalue weighted by Gasteiger charge is 2.31. The molecule has 2 fully saturated rings. The number of anilines is 1. The van der Waals surface area contributed by atoms with Gasteiger partial charge in [-0.1, -0.05) is 26.8 Å². The van der Waals surface area contributed by atoms with Crippen LogP contribution in [0.3, 0.4) is 0 Å². The third-order valence-corrected chi connectivity index (χ3v) is 9.34. The van der Waals surface area contributed by atoms with Crippen molar-refractivity contribution in [2.75, 3.05) is 51.6 Å². The Labute approximate surface area is 283 Å². The number of dihydropyridines is 1. The minimum atomic E-state index is -0.208. The zero-order valence-electron chi connectivity index (χ0n) is 29.7. The average molecular weight is 648 g/mol. The molecular formula is C39H57N3O3S. The van der Waals surface area contributed by atoms with Crippen molar-refractivity contribution in [3.63, 3.8) is 0 Å². The Morgan fingerprint density at radius 1 is 1.02 bits per heavy atom. The highest BCUT2D eigenvalue weighted by molar-refractivity contribution is 7.98. The van der Waals surface area contributed by atoms with Crippen molar-refractivity contribution in [2.45, 2.75) is 96.1 Å². The lowest BCUT2D eigenvalue weighted by atomic mass is 9.95. The highest BCUT2D eigenvalue weighted by atomic mass is 32.2. The van der Waals surface area contributed by atoms with E-state index in [9.17, 15) is 0 Å². The number of piperidine rings is 1. The van der Waals surface area contributed by atoms with Crippen LogP contribution in [0.1, 0.15) is 90.7 Å². The lowest BCUT2D eigenvalue weighted by Gasteiger charge is -2.42. The Hall–Kier alpha value is -3.19. The van der Waals surface area contributed by atoms with Crippen molar-refractivity contribution >= 4 is 23.0 Å². The zero-order valence-corrected chi connectivity index (χ0v) is 30.6. The number of hydrogen-bond acceptors (Lipinski definition) is 7. The first-order valence-corrected chi connectivity index (χ1v) is 18.4. The maximum Gasteiger partial charge on any atom is 0.185 e.